The van der Waals surface area contributed by atoms with Crippen LogP contribution >= 0.6 is 12.2 Å². The van der Waals surface area contributed by atoms with E-state index in [9.17, 15) is 0 Å². The van der Waals surface area contributed by atoms with Crippen molar-refractivity contribution in [3.8, 4) is 0 Å². The van der Waals surface area contributed by atoms with E-state index in [4.69, 9.17) is 12.2 Å². The van der Waals surface area contributed by atoms with Gasteiger partial charge in [0.15, 0.2) is 5.11 Å². The minimum atomic E-state index is 0.763. The van der Waals surface area contributed by atoms with E-state index in [-0.39, 0.29) is 0 Å². The number of thiocarbonyl (C=S) groups is 1. The average Bonchev–Trinajstić information content (AvgIpc) is 3.17. The van der Waals surface area contributed by atoms with Crippen molar-refractivity contribution in [1.82, 2.24) is 19.6 Å². The van der Waals surface area contributed by atoms with Crippen LogP contribution in [0.3, 0.4) is 0 Å². The fourth-order valence-electron chi connectivity index (χ4n) is 3.86. The molecule has 5 nitrogen and oxygen atoms in total. The van der Waals surface area contributed by atoms with Gasteiger partial charge >= 0.3 is 0 Å². The standard InChI is InChI=1S/C24H29N5S/c1-19-6-5-8-21(14-19)16-27-10-12-28(13-11-27)24(30)26-23-15-25-29(18-23)17-22-9-4-3-7-20(22)2/h3-9,14-15,18H,10-13,16-17H2,1-2H3,(H,26,30). The lowest BCUT2D eigenvalue weighted by atomic mass is 10.1. The Kier molecular flexibility index (Phi) is 6.45. The maximum absolute atomic E-state index is 5.66. The van der Waals surface area contributed by atoms with Gasteiger partial charge in [0.1, 0.15) is 0 Å². The number of aryl methyl sites for hydroxylation is 2. The monoisotopic (exact) mass is 419 g/mol. The van der Waals surface area contributed by atoms with Crippen molar-refractivity contribution < 1.29 is 0 Å². The summed E-state index contributed by atoms with van der Waals surface area (Å²) in [5.74, 6) is 0. The second-order valence-electron chi connectivity index (χ2n) is 8.04. The van der Waals surface area contributed by atoms with Gasteiger partial charge in [-0.05, 0) is 42.8 Å². The van der Waals surface area contributed by atoms with Crippen LogP contribution in [0.15, 0.2) is 60.9 Å². The topological polar surface area (TPSA) is 36.3 Å². The Morgan fingerprint density at radius 2 is 1.80 bits per heavy atom. The van der Waals surface area contributed by atoms with Gasteiger partial charge < -0.3 is 10.2 Å². The van der Waals surface area contributed by atoms with Gasteiger partial charge in [0.05, 0.1) is 18.4 Å². The number of rotatable bonds is 5. The fraction of sp³-hybridized carbons (Fsp3) is 0.333. The lowest BCUT2D eigenvalue weighted by Crippen LogP contribution is -2.49. The summed E-state index contributed by atoms with van der Waals surface area (Å²) in [4.78, 5) is 4.74. The summed E-state index contributed by atoms with van der Waals surface area (Å²) in [5.41, 5.74) is 6.20. The molecule has 4 rings (SSSR count). The molecule has 0 atom stereocenters. The van der Waals surface area contributed by atoms with E-state index >= 15 is 0 Å². The molecule has 6 heteroatoms. The molecule has 0 radical (unpaired) electrons. The summed E-state index contributed by atoms with van der Waals surface area (Å²) >= 11 is 5.66. The minimum Gasteiger partial charge on any atom is -0.346 e. The Hall–Kier alpha value is -2.70. The van der Waals surface area contributed by atoms with Crippen LogP contribution in [0.1, 0.15) is 22.3 Å². The predicted molar refractivity (Wildman–Crippen MR) is 127 cm³/mol. The molecule has 0 saturated carbocycles. The Balaban J connectivity index is 1.27. The molecule has 0 bridgehead atoms. The molecule has 1 fully saturated rings. The number of nitrogens with zero attached hydrogens (tertiary/aromatic N) is 4. The number of benzene rings is 2. The van der Waals surface area contributed by atoms with E-state index in [0.29, 0.717) is 0 Å². The van der Waals surface area contributed by atoms with Gasteiger partial charge in [-0.25, -0.2) is 0 Å². The Morgan fingerprint density at radius 3 is 2.57 bits per heavy atom. The largest absolute Gasteiger partial charge is 0.346 e. The number of anilines is 1. The second-order valence-corrected chi connectivity index (χ2v) is 8.42. The maximum Gasteiger partial charge on any atom is 0.173 e. The third kappa shape index (κ3) is 5.26. The molecule has 0 unspecified atom stereocenters. The van der Waals surface area contributed by atoms with Crippen LogP contribution in [-0.4, -0.2) is 50.9 Å². The molecule has 1 aliphatic rings. The molecule has 0 amide bonds. The summed E-state index contributed by atoms with van der Waals surface area (Å²) in [6.07, 6.45) is 3.87. The van der Waals surface area contributed by atoms with Gasteiger partial charge in [-0.3, -0.25) is 9.58 Å². The van der Waals surface area contributed by atoms with Gasteiger partial charge in [-0.2, -0.15) is 5.10 Å². The number of nitrogens with one attached hydrogen (secondary N) is 1. The van der Waals surface area contributed by atoms with Crippen LogP contribution in [0.2, 0.25) is 0 Å². The molecule has 2 heterocycles. The van der Waals surface area contributed by atoms with Crippen molar-refractivity contribution in [2.75, 3.05) is 31.5 Å². The highest BCUT2D eigenvalue weighted by atomic mass is 32.1. The number of aromatic nitrogens is 2. The summed E-state index contributed by atoms with van der Waals surface area (Å²) in [5, 5.41) is 8.62. The number of hydrogen-bond acceptors (Lipinski definition) is 3. The van der Waals surface area contributed by atoms with Crippen molar-refractivity contribution in [1.29, 1.82) is 0 Å². The highest BCUT2D eigenvalue weighted by molar-refractivity contribution is 7.80. The summed E-state index contributed by atoms with van der Waals surface area (Å²) in [6, 6.07) is 17.2. The predicted octanol–water partition coefficient (Wildman–Crippen LogP) is 4.06. The number of piperazine rings is 1. The molecule has 30 heavy (non-hydrogen) atoms. The van der Waals surface area contributed by atoms with Gasteiger partial charge in [-0.15, -0.1) is 0 Å². The summed E-state index contributed by atoms with van der Waals surface area (Å²) in [6.45, 7) is 9.95. The molecule has 0 aliphatic carbocycles. The second kappa shape index (κ2) is 9.41. The van der Waals surface area contributed by atoms with Crippen LogP contribution < -0.4 is 5.32 Å². The van der Waals surface area contributed by atoms with Gasteiger partial charge in [0.25, 0.3) is 0 Å². The molecule has 1 aliphatic heterocycles. The third-order valence-corrected chi connectivity index (χ3v) is 5.99. The van der Waals surface area contributed by atoms with Crippen molar-refractivity contribution >= 4 is 23.0 Å². The molecule has 1 saturated heterocycles. The summed E-state index contributed by atoms with van der Waals surface area (Å²) < 4.78 is 1.95. The van der Waals surface area contributed by atoms with Crippen molar-refractivity contribution in [2.24, 2.45) is 0 Å². The lowest BCUT2D eigenvalue weighted by molar-refractivity contribution is 0.177. The molecular formula is C24H29N5S. The van der Waals surface area contributed by atoms with Crippen LogP contribution in [0.4, 0.5) is 5.69 Å². The van der Waals surface area contributed by atoms with Crippen molar-refractivity contribution in [2.45, 2.75) is 26.9 Å². The van der Waals surface area contributed by atoms with E-state index in [1.807, 2.05) is 17.1 Å². The van der Waals surface area contributed by atoms with Gasteiger partial charge in [-0.1, -0.05) is 54.1 Å². The SMILES string of the molecule is Cc1cccc(CN2CCN(C(=S)Nc3cnn(Cc4ccccc4C)c3)CC2)c1. The molecule has 0 spiro atoms. The number of hydrogen-bond donors (Lipinski definition) is 1. The van der Waals surface area contributed by atoms with E-state index < -0.39 is 0 Å². The zero-order valence-corrected chi connectivity index (χ0v) is 18.5. The Bertz CT molecular complexity index is 1000. The minimum absolute atomic E-state index is 0.763. The van der Waals surface area contributed by atoms with E-state index in [1.54, 1.807) is 0 Å². The first-order valence-corrected chi connectivity index (χ1v) is 10.9. The van der Waals surface area contributed by atoms with Crippen LogP contribution in [0, 0.1) is 13.8 Å². The third-order valence-electron chi connectivity index (χ3n) is 5.63. The Labute approximate surface area is 184 Å². The summed E-state index contributed by atoms with van der Waals surface area (Å²) in [7, 11) is 0. The van der Waals surface area contributed by atoms with Crippen LogP contribution in [-0.2, 0) is 13.1 Å². The van der Waals surface area contributed by atoms with Crippen molar-refractivity contribution in [3.63, 3.8) is 0 Å². The molecule has 156 valence electrons. The molecule has 3 aromatic rings. The highest BCUT2D eigenvalue weighted by Crippen LogP contribution is 2.14. The van der Waals surface area contributed by atoms with E-state index in [2.05, 4.69) is 82.6 Å². The van der Waals surface area contributed by atoms with Gasteiger partial charge in [0, 0.05) is 38.9 Å². The smallest absolute Gasteiger partial charge is 0.173 e. The quantitative estimate of drug-likeness (QED) is 0.631. The zero-order chi connectivity index (χ0) is 20.9. The molecular weight excluding hydrogens is 390 g/mol. The zero-order valence-electron chi connectivity index (χ0n) is 17.7. The average molecular weight is 420 g/mol. The van der Waals surface area contributed by atoms with Crippen LogP contribution in [0.25, 0.3) is 0 Å². The van der Waals surface area contributed by atoms with Gasteiger partial charge in [0.2, 0.25) is 0 Å². The normalized spacial score (nSPS) is 14.7. The first kappa shape index (κ1) is 20.6. The van der Waals surface area contributed by atoms with Crippen LogP contribution in [0.5, 0.6) is 0 Å². The first-order chi connectivity index (χ1) is 14.6. The maximum atomic E-state index is 5.66. The molecule has 1 N–H and O–H groups in total. The van der Waals surface area contributed by atoms with Crippen molar-refractivity contribution in [3.05, 3.63) is 83.2 Å². The van der Waals surface area contributed by atoms with E-state index in [0.717, 1.165) is 50.1 Å². The lowest BCUT2D eigenvalue weighted by Gasteiger charge is -2.36. The van der Waals surface area contributed by atoms with E-state index in [1.165, 1.54) is 22.3 Å². The first-order valence-electron chi connectivity index (χ1n) is 10.5. The highest BCUT2D eigenvalue weighted by Gasteiger charge is 2.19. The molecule has 1 aromatic heterocycles. The molecule has 2 aromatic carbocycles. The fourth-order valence-corrected chi connectivity index (χ4v) is 4.16. The Morgan fingerprint density at radius 1 is 1.00 bits per heavy atom.